The summed E-state index contributed by atoms with van der Waals surface area (Å²) in [5, 5.41) is 18.0. The van der Waals surface area contributed by atoms with Gasteiger partial charge in [0.15, 0.2) is 0 Å². The molecule has 0 unspecified atom stereocenters. The molecule has 0 amide bonds. The minimum atomic E-state index is -1.14. The first-order valence-corrected chi connectivity index (χ1v) is 5.12. The Morgan fingerprint density at radius 2 is 2.17 bits per heavy atom. The molecule has 5 heteroatoms. The second-order valence-electron chi connectivity index (χ2n) is 3.62. The number of nitrogens with zero attached hydrogens (tertiary/aromatic N) is 2. The lowest BCUT2D eigenvalue weighted by molar-refractivity contribution is 0.0698. The monoisotopic (exact) mass is 239 g/mol. The third-order valence-corrected chi connectivity index (χ3v) is 2.46. The fourth-order valence-corrected chi connectivity index (χ4v) is 1.66. The van der Waals surface area contributed by atoms with Crippen molar-refractivity contribution in [3.8, 4) is 17.3 Å². The van der Waals surface area contributed by atoms with Gasteiger partial charge in [-0.05, 0) is 18.2 Å². The van der Waals surface area contributed by atoms with E-state index in [-0.39, 0.29) is 16.9 Å². The molecule has 0 saturated carbocycles. The van der Waals surface area contributed by atoms with Crippen molar-refractivity contribution in [3.63, 3.8) is 0 Å². The van der Waals surface area contributed by atoms with Gasteiger partial charge in [0.05, 0.1) is 17.3 Å². The van der Waals surface area contributed by atoms with Gasteiger partial charge in [0, 0.05) is 17.4 Å². The predicted molar refractivity (Wildman–Crippen MR) is 65.8 cm³/mol. The molecule has 5 nitrogen and oxygen atoms in total. The van der Waals surface area contributed by atoms with Crippen LogP contribution < -0.4 is 5.73 Å². The van der Waals surface area contributed by atoms with E-state index in [1.54, 1.807) is 24.3 Å². The number of carboxylic acids is 1. The van der Waals surface area contributed by atoms with Gasteiger partial charge in [-0.25, -0.2) is 4.79 Å². The van der Waals surface area contributed by atoms with Crippen LogP contribution in [-0.4, -0.2) is 16.1 Å². The first-order chi connectivity index (χ1) is 8.63. The van der Waals surface area contributed by atoms with Gasteiger partial charge in [0.1, 0.15) is 5.56 Å². The van der Waals surface area contributed by atoms with Crippen LogP contribution in [0.4, 0.5) is 5.69 Å². The molecule has 88 valence electrons. The maximum Gasteiger partial charge on any atom is 0.340 e. The van der Waals surface area contributed by atoms with E-state index in [1.807, 2.05) is 6.07 Å². The lowest BCUT2D eigenvalue weighted by Crippen LogP contribution is -2.06. The number of carbonyl (C=O) groups is 1. The van der Waals surface area contributed by atoms with E-state index in [0.717, 1.165) is 0 Å². The smallest absolute Gasteiger partial charge is 0.340 e. The second kappa shape index (κ2) is 4.55. The summed E-state index contributed by atoms with van der Waals surface area (Å²) in [6, 6.07) is 10.00. The SMILES string of the molecule is N#Cc1cccc(-c2nccc(N)c2C(=O)O)c1. The number of nitriles is 1. The van der Waals surface area contributed by atoms with Crippen LogP contribution in [0, 0.1) is 11.3 Å². The standard InChI is InChI=1S/C13H9N3O2/c14-7-8-2-1-3-9(6-8)12-11(13(17)18)10(15)4-5-16-12/h1-6H,(H2,15,16)(H,17,18). The molecule has 0 aliphatic carbocycles. The zero-order valence-electron chi connectivity index (χ0n) is 9.29. The van der Waals surface area contributed by atoms with Gasteiger partial charge in [-0.1, -0.05) is 12.1 Å². The van der Waals surface area contributed by atoms with E-state index >= 15 is 0 Å². The molecule has 1 heterocycles. The molecule has 3 N–H and O–H groups in total. The number of anilines is 1. The van der Waals surface area contributed by atoms with Crippen LogP contribution in [-0.2, 0) is 0 Å². The summed E-state index contributed by atoms with van der Waals surface area (Å²) in [4.78, 5) is 15.2. The Morgan fingerprint density at radius 1 is 1.39 bits per heavy atom. The predicted octanol–water partition coefficient (Wildman–Crippen LogP) is 1.90. The molecule has 2 aromatic rings. The Labute approximate surface area is 103 Å². The molecule has 0 bridgehead atoms. The highest BCUT2D eigenvalue weighted by atomic mass is 16.4. The normalized spacial score (nSPS) is 9.72. The fourth-order valence-electron chi connectivity index (χ4n) is 1.66. The Balaban J connectivity index is 2.68. The van der Waals surface area contributed by atoms with E-state index in [1.165, 1.54) is 12.3 Å². The van der Waals surface area contributed by atoms with E-state index in [0.29, 0.717) is 11.1 Å². The van der Waals surface area contributed by atoms with Crippen LogP contribution in [0.15, 0.2) is 36.5 Å². The number of carboxylic acid groups (broad SMARTS) is 1. The molecule has 0 saturated heterocycles. The summed E-state index contributed by atoms with van der Waals surface area (Å²) in [7, 11) is 0. The Bertz CT molecular complexity index is 660. The van der Waals surface area contributed by atoms with Crippen molar-refractivity contribution in [2.24, 2.45) is 0 Å². The van der Waals surface area contributed by atoms with E-state index < -0.39 is 5.97 Å². The first-order valence-electron chi connectivity index (χ1n) is 5.12. The summed E-state index contributed by atoms with van der Waals surface area (Å²) in [5.74, 6) is -1.14. The average Bonchev–Trinajstić information content (AvgIpc) is 2.38. The number of rotatable bonds is 2. The molecular formula is C13H9N3O2. The number of aromatic carboxylic acids is 1. The van der Waals surface area contributed by atoms with Crippen LogP contribution in [0.5, 0.6) is 0 Å². The summed E-state index contributed by atoms with van der Waals surface area (Å²) in [6.45, 7) is 0. The minimum absolute atomic E-state index is 0.0485. The lowest BCUT2D eigenvalue weighted by atomic mass is 10.0. The number of aromatic nitrogens is 1. The van der Waals surface area contributed by atoms with E-state index in [9.17, 15) is 4.79 Å². The quantitative estimate of drug-likeness (QED) is 0.833. The maximum absolute atomic E-state index is 11.2. The molecule has 0 atom stereocenters. The molecule has 0 radical (unpaired) electrons. The molecular weight excluding hydrogens is 230 g/mol. The second-order valence-corrected chi connectivity index (χ2v) is 3.62. The number of benzene rings is 1. The van der Waals surface area contributed by atoms with Crippen molar-refractivity contribution in [2.75, 3.05) is 5.73 Å². The number of nitrogens with two attached hydrogens (primary N) is 1. The highest BCUT2D eigenvalue weighted by Gasteiger charge is 2.16. The topological polar surface area (TPSA) is 100 Å². The lowest BCUT2D eigenvalue weighted by Gasteiger charge is -2.07. The molecule has 1 aromatic carbocycles. The number of hydrogen-bond acceptors (Lipinski definition) is 4. The molecule has 0 fully saturated rings. The van der Waals surface area contributed by atoms with Crippen molar-refractivity contribution in [1.29, 1.82) is 5.26 Å². The van der Waals surface area contributed by atoms with Gasteiger partial charge in [-0.2, -0.15) is 5.26 Å². The third kappa shape index (κ3) is 1.99. The summed E-state index contributed by atoms with van der Waals surface area (Å²) in [5.41, 5.74) is 7.00. The number of hydrogen-bond donors (Lipinski definition) is 2. The van der Waals surface area contributed by atoms with E-state index in [4.69, 9.17) is 16.1 Å². The summed E-state index contributed by atoms with van der Waals surface area (Å²) in [6.07, 6.45) is 1.44. The highest BCUT2D eigenvalue weighted by Crippen LogP contribution is 2.25. The van der Waals surface area contributed by atoms with Crippen molar-refractivity contribution in [3.05, 3.63) is 47.7 Å². The van der Waals surface area contributed by atoms with Gasteiger partial charge < -0.3 is 10.8 Å². The maximum atomic E-state index is 11.2. The molecule has 0 spiro atoms. The largest absolute Gasteiger partial charge is 0.478 e. The molecule has 1 aromatic heterocycles. The number of pyridine rings is 1. The third-order valence-electron chi connectivity index (χ3n) is 2.46. The zero-order chi connectivity index (χ0) is 13.1. The van der Waals surface area contributed by atoms with Crippen LogP contribution in [0.25, 0.3) is 11.3 Å². The highest BCUT2D eigenvalue weighted by molar-refractivity contribution is 6.00. The molecule has 0 aliphatic rings. The summed E-state index contributed by atoms with van der Waals surface area (Å²) < 4.78 is 0. The Kier molecular flexibility index (Phi) is 2.94. The van der Waals surface area contributed by atoms with Gasteiger partial charge in [-0.15, -0.1) is 0 Å². The molecule has 2 rings (SSSR count). The van der Waals surface area contributed by atoms with Crippen LogP contribution in [0.2, 0.25) is 0 Å². The summed E-state index contributed by atoms with van der Waals surface area (Å²) >= 11 is 0. The first kappa shape index (κ1) is 11.6. The van der Waals surface area contributed by atoms with Crippen molar-refractivity contribution in [1.82, 2.24) is 4.98 Å². The van der Waals surface area contributed by atoms with Crippen molar-refractivity contribution < 1.29 is 9.90 Å². The van der Waals surface area contributed by atoms with Gasteiger partial charge in [0.25, 0.3) is 0 Å². The Hall–Kier alpha value is -2.87. The molecule has 18 heavy (non-hydrogen) atoms. The van der Waals surface area contributed by atoms with Crippen molar-refractivity contribution >= 4 is 11.7 Å². The van der Waals surface area contributed by atoms with E-state index in [2.05, 4.69) is 4.98 Å². The zero-order valence-corrected chi connectivity index (χ0v) is 9.29. The van der Waals surface area contributed by atoms with Crippen LogP contribution in [0.1, 0.15) is 15.9 Å². The van der Waals surface area contributed by atoms with Crippen LogP contribution >= 0.6 is 0 Å². The van der Waals surface area contributed by atoms with Gasteiger partial charge >= 0.3 is 5.97 Å². The number of nitrogen functional groups attached to an aromatic ring is 1. The van der Waals surface area contributed by atoms with Gasteiger partial charge in [-0.3, -0.25) is 4.98 Å². The average molecular weight is 239 g/mol. The van der Waals surface area contributed by atoms with Crippen LogP contribution in [0.3, 0.4) is 0 Å². The fraction of sp³-hybridized carbons (Fsp3) is 0. The van der Waals surface area contributed by atoms with Gasteiger partial charge in [0.2, 0.25) is 0 Å². The molecule has 0 aliphatic heterocycles. The Morgan fingerprint density at radius 3 is 2.83 bits per heavy atom. The van der Waals surface area contributed by atoms with Crippen molar-refractivity contribution in [2.45, 2.75) is 0 Å². The minimum Gasteiger partial charge on any atom is -0.478 e.